The van der Waals surface area contributed by atoms with Crippen LogP contribution in [0.2, 0.25) is 0 Å². The lowest BCUT2D eigenvalue weighted by atomic mass is 10.1. The minimum absolute atomic E-state index is 0.158. The minimum Gasteiger partial charge on any atom is -0.373 e. The van der Waals surface area contributed by atoms with E-state index < -0.39 is 10.1 Å². The van der Waals surface area contributed by atoms with Gasteiger partial charge in [-0.15, -0.1) is 0 Å². The summed E-state index contributed by atoms with van der Waals surface area (Å²) in [6.45, 7) is 4.83. The topological polar surface area (TPSA) is 55.9 Å². The van der Waals surface area contributed by atoms with Crippen molar-refractivity contribution in [3.05, 3.63) is 29.8 Å². The fourth-order valence-electron chi connectivity index (χ4n) is 1.77. The van der Waals surface area contributed by atoms with Crippen LogP contribution in [-0.4, -0.2) is 27.7 Å². The van der Waals surface area contributed by atoms with Crippen LogP contribution in [0.5, 0.6) is 0 Å². The van der Waals surface area contributed by atoms with Crippen LogP contribution in [0.4, 0.5) is 0 Å². The van der Waals surface area contributed by atoms with Crippen LogP contribution < -0.4 is 0 Å². The van der Waals surface area contributed by atoms with E-state index in [1.165, 1.54) is 0 Å². The van der Waals surface area contributed by atoms with Crippen LogP contribution in [0.3, 0.4) is 0 Å². The summed E-state index contributed by atoms with van der Waals surface area (Å²) < 4.78 is 34.2. The van der Waals surface area contributed by atoms with E-state index in [-0.39, 0.29) is 23.5 Å². The van der Waals surface area contributed by atoms with Crippen molar-refractivity contribution < 1.29 is 17.3 Å². The summed E-state index contributed by atoms with van der Waals surface area (Å²) in [5.74, 6) is 0.158. The Morgan fingerprint density at radius 1 is 1.39 bits per heavy atom. The maximum Gasteiger partial charge on any atom is 0.296 e. The molecule has 2 unspecified atom stereocenters. The highest BCUT2D eigenvalue weighted by Crippen LogP contribution is 2.24. The van der Waals surface area contributed by atoms with Crippen LogP contribution in [0, 0.1) is 12.8 Å². The van der Waals surface area contributed by atoms with Crippen LogP contribution in [0.25, 0.3) is 0 Å². The summed E-state index contributed by atoms with van der Waals surface area (Å²) >= 11 is 0. The van der Waals surface area contributed by atoms with E-state index >= 15 is 0 Å². The molecule has 5 heteroatoms. The van der Waals surface area contributed by atoms with Crippen molar-refractivity contribution in [1.29, 1.82) is 0 Å². The standard InChI is InChI=1S/C13H18O4S/c1-3-11(13-9-16-13)8-17-18(14,15)12-6-4-10(2)5-7-12/h4-7,11,13H,3,8-9H2,1-2H3. The monoisotopic (exact) mass is 270 g/mol. The van der Waals surface area contributed by atoms with E-state index in [2.05, 4.69) is 0 Å². The van der Waals surface area contributed by atoms with Gasteiger partial charge in [-0.25, -0.2) is 0 Å². The molecule has 2 atom stereocenters. The highest BCUT2D eigenvalue weighted by Gasteiger charge is 2.32. The molecule has 1 fully saturated rings. The normalized spacial score (nSPS) is 20.7. The van der Waals surface area contributed by atoms with Gasteiger partial charge in [-0.1, -0.05) is 24.6 Å². The average molecular weight is 270 g/mol. The molecule has 1 aliphatic heterocycles. The zero-order valence-electron chi connectivity index (χ0n) is 10.6. The number of hydrogen-bond acceptors (Lipinski definition) is 4. The van der Waals surface area contributed by atoms with E-state index in [9.17, 15) is 8.42 Å². The molecule has 1 aliphatic rings. The predicted octanol–water partition coefficient (Wildman–Crippen LogP) is 2.13. The molecule has 0 aliphatic carbocycles. The average Bonchev–Trinajstić information content (AvgIpc) is 3.15. The Morgan fingerprint density at radius 3 is 2.50 bits per heavy atom. The molecule has 0 aromatic heterocycles. The molecule has 1 aromatic rings. The van der Waals surface area contributed by atoms with E-state index in [0.29, 0.717) is 6.61 Å². The predicted molar refractivity (Wildman–Crippen MR) is 67.8 cm³/mol. The Bertz CT molecular complexity index is 488. The molecule has 0 spiro atoms. The molecule has 0 saturated carbocycles. The molecule has 100 valence electrons. The van der Waals surface area contributed by atoms with Crippen molar-refractivity contribution in [3.63, 3.8) is 0 Å². The van der Waals surface area contributed by atoms with Gasteiger partial charge in [0.15, 0.2) is 0 Å². The molecule has 0 radical (unpaired) electrons. The maximum atomic E-state index is 11.9. The smallest absolute Gasteiger partial charge is 0.296 e. The summed E-state index contributed by atoms with van der Waals surface area (Å²) in [5, 5.41) is 0. The molecule has 1 heterocycles. The van der Waals surface area contributed by atoms with Crippen molar-refractivity contribution in [2.24, 2.45) is 5.92 Å². The Labute approximate surface area is 108 Å². The Kier molecular flexibility index (Phi) is 4.04. The highest BCUT2D eigenvalue weighted by molar-refractivity contribution is 7.86. The Morgan fingerprint density at radius 2 is 2.00 bits per heavy atom. The van der Waals surface area contributed by atoms with Crippen LogP contribution in [0.1, 0.15) is 18.9 Å². The van der Waals surface area contributed by atoms with Crippen molar-refractivity contribution in [3.8, 4) is 0 Å². The van der Waals surface area contributed by atoms with Gasteiger partial charge in [0.2, 0.25) is 0 Å². The number of benzene rings is 1. The molecule has 0 amide bonds. The third-order valence-electron chi connectivity index (χ3n) is 3.16. The summed E-state index contributed by atoms with van der Waals surface area (Å²) in [5.41, 5.74) is 1.02. The van der Waals surface area contributed by atoms with E-state index in [1.54, 1.807) is 24.3 Å². The highest BCUT2D eigenvalue weighted by atomic mass is 32.2. The lowest BCUT2D eigenvalue weighted by molar-refractivity contribution is 0.211. The van der Waals surface area contributed by atoms with Crippen molar-refractivity contribution in [2.75, 3.05) is 13.2 Å². The zero-order valence-corrected chi connectivity index (χ0v) is 11.4. The number of rotatable bonds is 6. The molecule has 2 rings (SSSR count). The third kappa shape index (κ3) is 3.31. The van der Waals surface area contributed by atoms with Crippen LogP contribution >= 0.6 is 0 Å². The summed E-state index contributed by atoms with van der Waals surface area (Å²) in [6, 6.07) is 6.66. The molecule has 1 saturated heterocycles. The second-order valence-corrected chi connectivity index (χ2v) is 6.21. The van der Waals surface area contributed by atoms with Crippen molar-refractivity contribution >= 4 is 10.1 Å². The fourth-order valence-corrected chi connectivity index (χ4v) is 2.73. The second kappa shape index (κ2) is 5.38. The zero-order chi connectivity index (χ0) is 13.2. The first-order chi connectivity index (χ1) is 8.53. The van der Waals surface area contributed by atoms with Gasteiger partial charge in [0.1, 0.15) is 0 Å². The first kappa shape index (κ1) is 13.5. The Hall–Kier alpha value is -0.910. The number of aryl methyl sites for hydroxylation is 1. The summed E-state index contributed by atoms with van der Waals surface area (Å²) in [7, 11) is -3.64. The summed E-state index contributed by atoms with van der Waals surface area (Å²) in [6.07, 6.45) is 1.02. The lowest BCUT2D eigenvalue weighted by Crippen LogP contribution is -2.18. The van der Waals surface area contributed by atoms with Gasteiger partial charge in [0.05, 0.1) is 24.2 Å². The fraction of sp³-hybridized carbons (Fsp3) is 0.538. The van der Waals surface area contributed by atoms with E-state index in [1.807, 2.05) is 13.8 Å². The maximum absolute atomic E-state index is 11.9. The quantitative estimate of drug-likeness (QED) is 0.587. The first-order valence-electron chi connectivity index (χ1n) is 6.10. The van der Waals surface area contributed by atoms with Crippen molar-refractivity contribution in [2.45, 2.75) is 31.3 Å². The SMILES string of the molecule is CCC(COS(=O)(=O)c1ccc(C)cc1)C1CO1. The number of ether oxygens (including phenoxy) is 1. The third-order valence-corrected chi connectivity index (χ3v) is 4.45. The van der Waals surface area contributed by atoms with E-state index in [0.717, 1.165) is 12.0 Å². The van der Waals surface area contributed by atoms with Gasteiger partial charge in [-0.05, 0) is 25.5 Å². The molecule has 1 aromatic carbocycles. The molecular formula is C13H18O4S. The summed E-state index contributed by atoms with van der Waals surface area (Å²) in [4.78, 5) is 0.208. The second-order valence-electron chi connectivity index (χ2n) is 4.59. The molecule has 18 heavy (non-hydrogen) atoms. The molecular weight excluding hydrogens is 252 g/mol. The lowest BCUT2D eigenvalue weighted by Gasteiger charge is -2.12. The van der Waals surface area contributed by atoms with Gasteiger partial charge < -0.3 is 4.74 Å². The van der Waals surface area contributed by atoms with Crippen LogP contribution in [0.15, 0.2) is 29.2 Å². The van der Waals surface area contributed by atoms with Gasteiger partial charge >= 0.3 is 0 Å². The number of epoxide rings is 1. The van der Waals surface area contributed by atoms with Gasteiger partial charge in [0.25, 0.3) is 10.1 Å². The molecule has 4 nitrogen and oxygen atoms in total. The molecule has 0 bridgehead atoms. The molecule has 0 N–H and O–H groups in total. The minimum atomic E-state index is -3.64. The first-order valence-corrected chi connectivity index (χ1v) is 7.51. The van der Waals surface area contributed by atoms with Gasteiger partial charge in [-0.2, -0.15) is 8.42 Å². The number of hydrogen-bond donors (Lipinski definition) is 0. The van der Waals surface area contributed by atoms with E-state index in [4.69, 9.17) is 8.92 Å². The van der Waals surface area contributed by atoms with Crippen LogP contribution in [-0.2, 0) is 19.0 Å². The van der Waals surface area contributed by atoms with Gasteiger partial charge in [0, 0.05) is 5.92 Å². The largest absolute Gasteiger partial charge is 0.373 e. The van der Waals surface area contributed by atoms with Crippen molar-refractivity contribution in [1.82, 2.24) is 0 Å². The van der Waals surface area contributed by atoms with Gasteiger partial charge in [-0.3, -0.25) is 4.18 Å². The Balaban J connectivity index is 2.00.